The van der Waals surface area contributed by atoms with Crippen molar-refractivity contribution in [3.8, 4) is 0 Å². The number of anilines is 2. The Bertz CT molecular complexity index is 963. The quantitative estimate of drug-likeness (QED) is 0.863. The molecule has 1 aliphatic heterocycles. The minimum atomic E-state index is -3.89. The third kappa shape index (κ3) is 3.39. The van der Waals surface area contributed by atoms with E-state index in [1.165, 1.54) is 31.0 Å². The molecule has 1 heterocycles. The second-order valence-electron chi connectivity index (χ2n) is 6.79. The summed E-state index contributed by atoms with van der Waals surface area (Å²) in [6.45, 7) is 2.05. The predicted molar refractivity (Wildman–Crippen MR) is 101 cm³/mol. The molecule has 0 amide bonds. The van der Waals surface area contributed by atoms with E-state index in [0.29, 0.717) is 12.6 Å². The Labute approximate surface area is 157 Å². The van der Waals surface area contributed by atoms with Gasteiger partial charge in [-0.2, -0.15) is 0 Å². The Kier molecular flexibility index (Phi) is 4.33. The van der Waals surface area contributed by atoms with E-state index < -0.39 is 10.0 Å². The van der Waals surface area contributed by atoms with E-state index >= 15 is 0 Å². The van der Waals surface area contributed by atoms with Gasteiger partial charge in [0.1, 0.15) is 10.7 Å². The molecule has 1 aliphatic carbocycles. The monoisotopic (exact) mass is 395 g/mol. The predicted octanol–water partition coefficient (Wildman–Crippen LogP) is 3.12. The molecule has 0 saturated heterocycles. The minimum absolute atomic E-state index is 0.0900. The summed E-state index contributed by atoms with van der Waals surface area (Å²) in [5.41, 5.74) is 2.62. The lowest BCUT2D eigenvalue weighted by molar-refractivity contribution is 0.597. The second kappa shape index (κ2) is 6.40. The molecule has 5 nitrogen and oxygen atoms in total. The van der Waals surface area contributed by atoms with E-state index in [2.05, 4.69) is 9.80 Å². The molecule has 138 valence electrons. The SMILES string of the molecule is NS(=O)(=O)c1cc(CN2CCN(C3CC3)c3ccc(F)cc32)ccc1Cl. The molecule has 26 heavy (non-hydrogen) atoms. The zero-order chi connectivity index (χ0) is 18.5. The van der Waals surface area contributed by atoms with Crippen LogP contribution in [0.1, 0.15) is 18.4 Å². The zero-order valence-corrected chi connectivity index (χ0v) is 15.6. The maximum atomic E-state index is 13.9. The van der Waals surface area contributed by atoms with Crippen molar-refractivity contribution in [3.05, 3.63) is 52.8 Å². The van der Waals surface area contributed by atoms with Gasteiger partial charge in [-0.25, -0.2) is 17.9 Å². The second-order valence-corrected chi connectivity index (χ2v) is 8.73. The first-order valence-electron chi connectivity index (χ1n) is 8.45. The van der Waals surface area contributed by atoms with Crippen molar-refractivity contribution in [2.45, 2.75) is 30.3 Å². The largest absolute Gasteiger partial charge is 0.365 e. The van der Waals surface area contributed by atoms with Crippen LogP contribution in [0.5, 0.6) is 0 Å². The molecule has 0 unspecified atom stereocenters. The van der Waals surface area contributed by atoms with E-state index in [0.717, 1.165) is 30.0 Å². The van der Waals surface area contributed by atoms with E-state index in [1.807, 2.05) is 6.07 Å². The Morgan fingerprint density at radius 2 is 1.88 bits per heavy atom. The highest BCUT2D eigenvalue weighted by Gasteiger charge is 2.34. The highest BCUT2D eigenvalue weighted by molar-refractivity contribution is 7.89. The third-order valence-electron chi connectivity index (χ3n) is 4.86. The van der Waals surface area contributed by atoms with Gasteiger partial charge in [0.25, 0.3) is 0 Å². The van der Waals surface area contributed by atoms with E-state index in [4.69, 9.17) is 16.7 Å². The normalized spacial score (nSPS) is 17.3. The maximum absolute atomic E-state index is 13.9. The fourth-order valence-corrected chi connectivity index (χ4v) is 4.57. The van der Waals surface area contributed by atoms with Gasteiger partial charge in [0.05, 0.1) is 16.4 Å². The molecule has 8 heteroatoms. The molecule has 0 radical (unpaired) electrons. The lowest BCUT2D eigenvalue weighted by Crippen LogP contribution is -2.42. The van der Waals surface area contributed by atoms with Crippen molar-refractivity contribution in [2.75, 3.05) is 22.9 Å². The molecular weight excluding hydrogens is 377 g/mol. The number of sulfonamides is 1. The van der Waals surface area contributed by atoms with Crippen molar-refractivity contribution in [1.29, 1.82) is 0 Å². The average molecular weight is 396 g/mol. The molecule has 0 atom stereocenters. The van der Waals surface area contributed by atoms with Gasteiger partial charge in [-0.15, -0.1) is 0 Å². The van der Waals surface area contributed by atoms with Crippen LogP contribution < -0.4 is 14.9 Å². The molecule has 4 rings (SSSR count). The van der Waals surface area contributed by atoms with Gasteiger partial charge in [-0.1, -0.05) is 17.7 Å². The molecule has 2 aliphatic rings. The molecule has 2 aromatic carbocycles. The first-order chi connectivity index (χ1) is 12.3. The van der Waals surface area contributed by atoms with Crippen LogP contribution in [0.15, 0.2) is 41.3 Å². The van der Waals surface area contributed by atoms with Gasteiger partial charge in [0, 0.05) is 25.7 Å². The van der Waals surface area contributed by atoms with Gasteiger partial charge in [-0.05, 0) is 48.7 Å². The molecule has 0 bridgehead atoms. The van der Waals surface area contributed by atoms with Crippen LogP contribution in [0.4, 0.5) is 15.8 Å². The highest BCUT2D eigenvalue weighted by atomic mass is 35.5. The Morgan fingerprint density at radius 3 is 2.58 bits per heavy atom. The first-order valence-corrected chi connectivity index (χ1v) is 10.4. The lowest BCUT2D eigenvalue weighted by Gasteiger charge is -2.39. The minimum Gasteiger partial charge on any atom is -0.365 e. The number of benzene rings is 2. The Hall–Kier alpha value is -1.83. The van der Waals surface area contributed by atoms with Crippen LogP contribution >= 0.6 is 11.6 Å². The van der Waals surface area contributed by atoms with Crippen LogP contribution in [0.2, 0.25) is 5.02 Å². The summed E-state index contributed by atoms with van der Waals surface area (Å²) in [5, 5.41) is 5.33. The fraction of sp³-hybridized carbons (Fsp3) is 0.333. The summed E-state index contributed by atoms with van der Waals surface area (Å²) in [4.78, 5) is 4.31. The topological polar surface area (TPSA) is 66.6 Å². The molecular formula is C18H19ClFN3O2S. The summed E-state index contributed by atoms with van der Waals surface area (Å²) < 4.78 is 37.2. The molecule has 1 fully saturated rings. The van der Waals surface area contributed by atoms with E-state index in [9.17, 15) is 12.8 Å². The standard InChI is InChI=1S/C18H19ClFN3O2S/c19-15-5-1-12(9-18(15)26(21,24)25)11-22-7-8-23(14-3-4-14)16-6-2-13(20)10-17(16)22/h1-2,5-6,9-10,14H,3-4,7-8,11H2,(H2,21,24,25). The number of halogens is 2. The van der Waals surface area contributed by atoms with Crippen molar-refractivity contribution in [3.63, 3.8) is 0 Å². The summed E-state index contributed by atoms with van der Waals surface area (Å²) in [5.74, 6) is -0.285. The van der Waals surface area contributed by atoms with Crippen LogP contribution in [-0.4, -0.2) is 27.5 Å². The molecule has 2 N–H and O–H groups in total. The number of nitrogens with two attached hydrogens (primary N) is 1. The number of nitrogens with zero attached hydrogens (tertiary/aromatic N) is 2. The smallest absolute Gasteiger partial charge is 0.239 e. The fourth-order valence-electron chi connectivity index (χ4n) is 3.48. The average Bonchev–Trinajstić information content (AvgIpc) is 3.41. The van der Waals surface area contributed by atoms with E-state index in [1.54, 1.807) is 12.1 Å². The van der Waals surface area contributed by atoms with Gasteiger partial charge in [0.15, 0.2) is 0 Å². The number of primary sulfonamides is 1. The number of rotatable bonds is 4. The van der Waals surface area contributed by atoms with Crippen molar-refractivity contribution in [2.24, 2.45) is 5.14 Å². The summed E-state index contributed by atoms with van der Waals surface area (Å²) >= 11 is 5.96. The maximum Gasteiger partial charge on any atom is 0.239 e. The van der Waals surface area contributed by atoms with Crippen molar-refractivity contribution >= 4 is 33.0 Å². The number of fused-ring (bicyclic) bond motifs is 1. The summed E-state index contributed by atoms with van der Waals surface area (Å²) in [6, 6.07) is 10.2. The third-order valence-corrected chi connectivity index (χ3v) is 6.25. The molecule has 0 aromatic heterocycles. The summed E-state index contributed by atoms with van der Waals surface area (Å²) in [6.07, 6.45) is 2.34. The van der Waals surface area contributed by atoms with Crippen LogP contribution in [0, 0.1) is 5.82 Å². The van der Waals surface area contributed by atoms with Gasteiger partial charge >= 0.3 is 0 Å². The number of hydrogen-bond donors (Lipinski definition) is 1. The van der Waals surface area contributed by atoms with Crippen LogP contribution in [0.25, 0.3) is 0 Å². The van der Waals surface area contributed by atoms with Crippen LogP contribution in [0.3, 0.4) is 0 Å². The van der Waals surface area contributed by atoms with Crippen LogP contribution in [-0.2, 0) is 16.6 Å². The first kappa shape index (κ1) is 17.6. The molecule has 0 spiro atoms. The number of hydrogen-bond acceptors (Lipinski definition) is 4. The lowest BCUT2D eigenvalue weighted by atomic mass is 10.1. The summed E-state index contributed by atoms with van der Waals surface area (Å²) in [7, 11) is -3.89. The van der Waals surface area contributed by atoms with Gasteiger partial charge in [-0.3, -0.25) is 0 Å². The Morgan fingerprint density at radius 1 is 1.12 bits per heavy atom. The molecule has 1 saturated carbocycles. The zero-order valence-electron chi connectivity index (χ0n) is 14.0. The molecule has 2 aromatic rings. The highest BCUT2D eigenvalue weighted by Crippen LogP contribution is 2.40. The van der Waals surface area contributed by atoms with Crippen molar-refractivity contribution < 1.29 is 12.8 Å². The van der Waals surface area contributed by atoms with Gasteiger partial charge in [0.2, 0.25) is 10.0 Å². The van der Waals surface area contributed by atoms with E-state index in [-0.39, 0.29) is 15.7 Å². The van der Waals surface area contributed by atoms with Crippen molar-refractivity contribution in [1.82, 2.24) is 0 Å². The van der Waals surface area contributed by atoms with Gasteiger partial charge < -0.3 is 9.80 Å². The Balaban J connectivity index is 1.67.